The molecule has 0 saturated heterocycles. The van der Waals surface area contributed by atoms with Crippen LogP contribution in [0.2, 0.25) is 0 Å². The van der Waals surface area contributed by atoms with Crippen LogP contribution in [0.4, 0.5) is 0 Å². The SMILES string of the molecule is C=C(C)C(=O)CCCCCC(=O)C(N)CCCCN. The number of ketones is 2. The van der Waals surface area contributed by atoms with Crippen molar-refractivity contribution < 1.29 is 9.59 Å². The zero-order chi connectivity index (χ0) is 14.7. The van der Waals surface area contributed by atoms with Crippen molar-refractivity contribution in [3.8, 4) is 0 Å². The third-order valence-corrected chi connectivity index (χ3v) is 3.19. The van der Waals surface area contributed by atoms with Gasteiger partial charge in [0.1, 0.15) is 5.78 Å². The van der Waals surface area contributed by atoms with Crippen LogP contribution in [0.25, 0.3) is 0 Å². The van der Waals surface area contributed by atoms with Crippen LogP contribution in [0.3, 0.4) is 0 Å². The van der Waals surface area contributed by atoms with Crippen molar-refractivity contribution in [3.63, 3.8) is 0 Å². The predicted octanol–water partition coefficient (Wildman–Crippen LogP) is 2.11. The summed E-state index contributed by atoms with van der Waals surface area (Å²) >= 11 is 0. The van der Waals surface area contributed by atoms with Gasteiger partial charge in [-0.25, -0.2) is 0 Å². The van der Waals surface area contributed by atoms with Crippen LogP contribution >= 0.6 is 0 Å². The van der Waals surface area contributed by atoms with Crippen LogP contribution in [0, 0.1) is 0 Å². The molecule has 0 heterocycles. The number of rotatable bonds is 12. The van der Waals surface area contributed by atoms with E-state index in [1.165, 1.54) is 0 Å². The highest BCUT2D eigenvalue weighted by atomic mass is 16.1. The number of hydrogen-bond acceptors (Lipinski definition) is 4. The van der Waals surface area contributed by atoms with Crippen molar-refractivity contribution in [2.45, 2.75) is 64.3 Å². The molecule has 0 bridgehead atoms. The molecule has 0 aromatic heterocycles. The van der Waals surface area contributed by atoms with E-state index in [1.54, 1.807) is 6.92 Å². The Hall–Kier alpha value is -1.00. The molecule has 4 heteroatoms. The molecule has 0 radical (unpaired) electrons. The van der Waals surface area contributed by atoms with Gasteiger partial charge in [-0.05, 0) is 44.7 Å². The van der Waals surface area contributed by atoms with E-state index < -0.39 is 0 Å². The molecular weight excluding hydrogens is 240 g/mol. The van der Waals surface area contributed by atoms with Gasteiger partial charge in [0.25, 0.3) is 0 Å². The van der Waals surface area contributed by atoms with Crippen molar-refractivity contribution >= 4 is 11.6 Å². The summed E-state index contributed by atoms with van der Waals surface area (Å²) in [6.07, 6.45) is 6.14. The van der Waals surface area contributed by atoms with E-state index in [0.717, 1.165) is 38.5 Å². The molecular formula is C15H28N2O2. The highest BCUT2D eigenvalue weighted by Crippen LogP contribution is 2.09. The van der Waals surface area contributed by atoms with Crippen LogP contribution in [0.1, 0.15) is 58.3 Å². The number of Topliss-reactive ketones (excluding diaryl/α,β-unsaturated/α-hetero) is 2. The standard InChI is InChI=1S/C15H28N2O2/c1-12(2)14(18)9-4-3-5-10-15(19)13(17)8-6-7-11-16/h13H,1,3-11,16-17H2,2H3. The molecule has 0 aliphatic carbocycles. The Morgan fingerprint density at radius 3 is 2.26 bits per heavy atom. The normalized spacial score (nSPS) is 12.2. The minimum atomic E-state index is -0.344. The van der Waals surface area contributed by atoms with Gasteiger partial charge in [-0.2, -0.15) is 0 Å². The maximum atomic E-state index is 11.7. The summed E-state index contributed by atoms with van der Waals surface area (Å²) in [6, 6.07) is -0.344. The van der Waals surface area contributed by atoms with Gasteiger partial charge in [0.15, 0.2) is 5.78 Å². The number of nitrogens with two attached hydrogens (primary N) is 2. The molecule has 19 heavy (non-hydrogen) atoms. The average Bonchev–Trinajstić information content (AvgIpc) is 2.37. The van der Waals surface area contributed by atoms with Crippen molar-refractivity contribution in [1.82, 2.24) is 0 Å². The van der Waals surface area contributed by atoms with Gasteiger partial charge in [-0.1, -0.05) is 19.4 Å². The van der Waals surface area contributed by atoms with E-state index >= 15 is 0 Å². The highest BCUT2D eigenvalue weighted by molar-refractivity contribution is 5.94. The van der Waals surface area contributed by atoms with Crippen molar-refractivity contribution in [1.29, 1.82) is 0 Å². The maximum Gasteiger partial charge on any atom is 0.157 e. The monoisotopic (exact) mass is 268 g/mol. The summed E-state index contributed by atoms with van der Waals surface area (Å²) in [5.41, 5.74) is 11.8. The van der Waals surface area contributed by atoms with E-state index in [-0.39, 0.29) is 17.6 Å². The Morgan fingerprint density at radius 1 is 1.05 bits per heavy atom. The smallest absolute Gasteiger partial charge is 0.157 e. The van der Waals surface area contributed by atoms with E-state index in [0.29, 0.717) is 25.0 Å². The largest absolute Gasteiger partial charge is 0.330 e. The van der Waals surface area contributed by atoms with E-state index in [2.05, 4.69) is 6.58 Å². The van der Waals surface area contributed by atoms with Crippen molar-refractivity contribution in [2.75, 3.05) is 6.54 Å². The van der Waals surface area contributed by atoms with Crippen LogP contribution < -0.4 is 11.5 Å². The Bertz CT molecular complexity index is 301. The first kappa shape index (κ1) is 18.0. The Kier molecular flexibility index (Phi) is 10.3. The number of unbranched alkanes of at least 4 members (excludes halogenated alkanes) is 3. The number of hydrogen-bond donors (Lipinski definition) is 2. The van der Waals surface area contributed by atoms with Crippen LogP contribution in [-0.2, 0) is 9.59 Å². The lowest BCUT2D eigenvalue weighted by atomic mass is 10.0. The summed E-state index contributed by atoms with van der Waals surface area (Å²) < 4.78 is 0. The second-order valence-corrected chi connectivity index (χ2v) is 5.12. The minimum Gasteiger partial charge on any atom is -0.330 e. The van der Waals surface area contributed by atoms with Gasteiger partial charge < -0.3 is 11.5 Å². The minimum absolute atomic E-state index is 0.116. The molecule has 0 fully saturated rings. The quantitative estimate of drug-likeness (QED) is 0.419. The van der Waals surface area contributed by atoms with Crippen LogP contribution in [0.15, 0.2) is 12.2 Å². The van der Waals surface area contributed by atoms with Crippen molar-refractivity contribution in [3.05, 3.63) is 12.2 Å². The summed E-state index contributed by atoms with van der Waals surface area (Å²) in [5, 5.41) is 0. The molecule has 4 N–H and O–H groups in total. The van der Waals surface area contributed by atoms with Crippen LogP contribution in [-0.4, -0.2) is 24.2 Å². The molecule has 0 aliphatic heterocycles. The third-order valence-electron chi connectivity index (χ3n) is 3.19. The molecule has 0 aromatic carbocycles. The average molecular weight is 268 g/mol. The number of allylic oxidation sites excluding steroid dienone is 1. The molecule has 4 nitrogen and oxygen atoms in total. The van der Waals surface area contributed by atoms with Gasteiger partial charge in [0.2, 0.25) is 0 Å². The van der Waals surface area contributed by atoms with Crippen LogP contribution in [0.5, 0.6) is 0 Å². The fourth-order valence-electron chi connectivity index (χ4n) is 1.83. The van der Waals surface area contributed by atoms with Gasteiger partial charge in [-0.3, -0.25) is 9.59 Å². The lowest BCUT2D eigenvalue weighted by molar-refractivity contribution is -0.120. The van der Waals surface area contributed by atoms with Gasteiger partial charge >= 0.3 is 0 Å². The number of carbonyl (C=O) groups excluding carboxylic acids is 2. The fourth-order valence-corrected chi connectivity index (χ4v) is 1.83. The zero-order valence-corrected chi connectivity index (χ0v) is 12.1. The van der Waals surface area contributed by atoms with Gasteiger partial charge in [-0.15, -0.1) is 0 Å². The van der Waals surface area contributed by atoms with E-state index in [1.807, 2.05) is 0 Å². The maximum absolute atomic E-state index is 11.7. The number of carbonyl (C=O) groups is 2. The first-order chi connectivity index (χ1) is 8.99. The van der Waals surface area contributed by atoms with E-state index in [9.17, 15) is 9.59 Å². The molecule has 0 spiro atoms. The summed E-state index contributed by atoms with van der Waals surface area (Å²) in [7, 11) is 0. The summed E-state index contributed by atoms with van der Waals surface area (Å²) in [6.45, 7) is 5.99. The Labute approximate surface area is 116 Å². The zero-order valence-electron chi connectivity index (χ0n) is 12.1. The first-order valence-corrected chi connectivity index (χ1v) is 7.16. The first-order valence-electron chi connectivity index (χ1n) is 7.16. The predicted molar refractivity (Wildman–Crippen MR) is 78.8 cm³/mol. The lowest BCUT2D eigenvalue weighted by Gasteiger charge is -2.09. The second kappa shape index (κ2) is 10.9. The lowest BCUT2D eigenvalue weighted by Crippen LogP contribution is -2.30. The highest BCUT2D eigenvalue weighted by Gasteiger charge is 2.12. The van der Waals surface area contributed by atoms with Gasteiger partial charge in [0.05, 0.1) is 6.04 Å². The Morgan fingerprint density at radius 2 is 1.68 bits per heavy atom. The van der Waals surface area contributed by atoms with Gasteiger partial charge in [0, 0.05) is 12.8 Å². The topological polar surface area (TPSA) is 86.2 Å². The molecule has 1 atom stereocenters. The molecule has 0 amide bonds. The molecule has 0 aromatic rings. The third kappa shape index (κ3) is 9.56. The summed E-state index contributed by atoms with van der Waals surface area (Å²) in [4.78, 5) is 23.0. The molecule has 110 valence electrons. The molecule has 0 aliphatic rings. The van der Waals surface area contributed by atoms with Crippen molar-refractivity contribution in [2.24, 2.45) is 11.5 Å². The summed E-state index contributed by atoms with van der Waals surface area (Å²) in [5.74, 6) is 0.244. The van der Waals surface area contributed by atoms with E-state index in [4.69, 9.17) is 11.5 Å². The molecule has 0 saturated carbocycles. The Balaban J connectivity index is 3.57. The second-order valence-electron chi connectivity index (χ2n) is 5.12. The molecule has 0 rings (SSSR count). The molecule has 1 unspecified atom stereocenters. The fraction of sp³-hybridized carbons (Fsp3) is 0.733.